The van der Waals surface area contributed by atoms with Gasteiger partial charge in [-0.25, -0.2) is 4.98 Å². The number of benzene rings is 3. The zero-order valence-electron chi connectivity index (χ0n) is 16.8. The molecular weight excluding hydrogens is 398 g/mol. The van der Waals surface area contributed by atoms with Gasteiger partial charge in [0.25, 0.3) is 5.69 Å². The summed E-state index contributed by atoms with van der Waals surface area (Å²) >= 11 is 0. The second kappa shape index (κ2) is 8.19. The van der Waals surface area contributed by atoms with E-state index in [1.54, 1.807) is 14.2 Å². The van der Waals surface area contributed by atoms with Crippen molar-refractivity contribution < 1.29 is 19.5 Å². The number of phenolic OH excluding ortho intramolecular Hbond substituents is 1. The fourth-order valence-electron chi connectivity index (χ4n) is 3.25. The van der Waals surface area contributed by atoms with Crippen LogP contribution in [0.2, 0.25) is 0 Å². The Morgan fingerprint density at radius 3 is 2.03 bits per heavy atom. The predicted molar refractivity (Wildman–Crippen MR) is 116 cm³/mol. The van der Waals surface area contributed by atoms with Crippen molar-refractivity contribution in [2.75, 3.05) is 14.2 Å². The quantitative estimate of drug-likeness (QED) is 0.336. The maximum Gasteiger partial charge on any atom is 0.270 e. The Hall–Kier alpha value is -4.33. The van der Waals surface area contributed by atoms with Gasteiger partial charge in [0.1, 0.15) is 23.1 Å². The van der Waals surface area contributed by atoms with Gasteiger partial charge in [0.2, 0.25) is 0 Å². The number of nitrogens with one attached hydrogen (secondary N) is 1. The van der Waals surface area contributed by atoms with Gasteiger partial charge in [0, 0.05) is 23.3 Å². The highest BCUT2D eigenvalue weighted by atomic mass is 16.6. The summed E-state index contributed by atoms with van der Waals surface area (Å²) < 4.78 is 10.5. The highest BCUT2D eigenvalue weighted by Gasteiger charge is 2.19. The van der Waals surface area contributed by atoms with Gasteiger partial charge < -0.3 is 19.6 Å². The van der Waals surface area contributed by atoms with Crippen molar-refractivity contribution in [1.82, 2.24) is 9.97 Å². The van der Waals surface area contributed by atoms with Crippen LogP contribution in [-0.2, 0) is 0 Å². The summed E-state index contributed by atoms with van der Waals surface area (Å²) in [7, 11) is 3.19. The number of hydrogen-bond acceptors (Lipinski definition) is 6. The average Bonchev–Trinajstić information content (AvgIpc) is 3.24. The SMILES string of the molecule is COc1ccc(-c2nc(-c3cc([N+](=O)[O-])ccc3O)[nH]c2-c2ccc(OC)cc2)cc1. The molecule has 31 heavy (non-hydrogen) atoms. The average molecular weight is 417 g/mol. The second-order valence-corrected chi connectivity index (χ2v) is 6.72. The summed E-state index contributed by atoms with van der Waals surface area (Å²) in [5.41, 5.74) is 3.10. The second-order valence-electron chi connectivity index (χ2n) is 6.72. The number of methoxy groups -OCH3 is 2. The molecule has 8 heteroatoms. The van der Waals surface area contributed by atoms with Gasteiger partial charge in [-0.05, 0) is 54.6 Å². The lowest BCUT2D eigenvalue weighted by atomic mass is 10.0. The minimum atomic E-state index is -0.513. The van der Waals surface area contributed by atoms with Gasteiger partial charge >= 0.3 is 0 Å². The van der Waals surface area contributed by atoms with E-state index in [1.165, 1.54) is 18.2 Å². The summed E-state index contributed by atoms with van der Waals surface area (Å²) in [6.07, 6.45) is 0. The van der Waals surface area contributed by atoms with Crippen LogP contribution in [0.5, 0.6) is 17.2 Å². The Morgan fingerprint density at radius 2 is 1.48 bits per heavy atom. The van der Waals surface area contributed by atoms with Crippen molar-refractivity contribution in [3.63, 3.8) is 0 Å². The number of hydrogen-bond donors (Lipinski definition) is 2. The molecule has 0 aliphatic carbocycles. The van der Waals surface area contributed by atoms with Crippen LogP contribution in [-0.4, -0.2) is 34.2 Å². The van der Waals surface area contributed by atoms with E-state index in [9.17, 15) is 15.2 Å². The molecule has 0 amide bonds. The zero-order valence-corrected chi connectivity index (χ0v) is 16.8. The fraction of sp³-hybridized carbons (Fsp3) is 0.0870. The van der Waals surface area contributed by atoms with E-state index >= 15 is 0 Å². The van der Waals surface area contributed by atoms with Crippen LogP contribution in [0.25, 0.3) is 33.9 Å². The third-order valence-corrected chi connectivity index (χ3v) is 4.89. The van der Waals surface area contributed by atoms with Gasteiger partial charge in [0.05, 0.1) is 36.1 Å². The topological polar surface area (TPSA) is 111 Å². The molecule has 0 fully saturated rings. The molecule has 0 radical (unpaired) electrons. The summed E-state index contributed by atoms with van der Waals surface area (Å²) in [4.78, 5) is 18.6. The van der Waals surface area contributed by atoms with Crippen LogP contribution in [0.1, 0.15) is 0 Å². The molecule has 0 saturated carbocycles. The summed E-state index contributed by atoms with van der Waals surface area (Å²) in [6, 6.07) is 18.7. The Bertz CT molecular complexity index is 1170. The molecule has 0 spiro atoms. The van der Waals surface area contributed by atoms with E-state index < -0.39 is 4.92 Å². The van der Waals surface area contributed by atoms with Gasteiger partial charge in [-0.15, -0.1) is 0 Å². The molecule has 2 N–H and O–H groups in total. The lowest BCUT2D eigenvalue weighted by Gasteiger charge is -2.06. The maximum atomic E-state index is 11.2. The number of aromatic amines is 1. The maximum absolute atomic E-state index is 11.2. The molecule has 0 atom stereocenters. The Labute approximate surface area is 177 Å². The smallest absolute Gasteiger partial charge is 0.270 e. The van der Waals surface area contributed by atoms with Crippen LogP contribution in [0.3, 0.4) is 0 Å². The molecule has 3 aromatic carbocycles. The molecule has 1 aromatic heterocycles. The normalized spacial score (nSPS) is 10.6. The first-order chi connectivity index (χ1) is 15.0. The van der Waals surface area contributed by atoms with Crippen LogP contribution in [0.4, 0.5) is 5.69 Å². The Kier molecular flexibility index (Phi) is 5.28. The number of nitrogens with zero attached hydrogens (tertiary/aromatic N) is 2. The molecule has 8 nitrogen and oxygen atoms in total. The first-order valence-corrected chi connectivity index (χ1v) is 9.37. The lowest BCUT2D eigenvalue weighted by Crippen LogP contribution is -1.90. The van der Waals surface area contributed by atoms with Crippen molar-refractivity contribution in [3.05, 3.63) is 76.8 Å². The van der Waals surface area contributed by atoms with Crippen molar-refractivity contribution in [2.24, 2.45) is 0 Å². The van der Waals surface area contributed by atoms with Gasteiger partial charge in [-0.1, -0.05) is 0 Å². The molecule has 1 heterocycles. The summed E-state index contributed by atoms with van der Waals surface area (Å²) in [5, 5.41) is 21.5. The molecular formula is C23H19N3O5. The third kappa shape index (κ3) is 3.91. The van der Waals surface area contributed by atoms with Crippen LogP contribution >= 0.6 is 0 Å². The van der Waals surface area contributed by atoms with E-state index in [1.807, 2.05) is 48.5 Å². The number of aromatic nitrogens is 2. The van der Waals surface area contributed by atoms with Crippen LogP contribution in [0.15, 0.2) is 66.7 Å². The molecule has 0 saturated heterocycles. The van der Waals surface area contributed by atoms with E-state index in [4.69, 9.17) is 9.47 Å². The highest BCUT2D eigenvalue weighted by molar-refractivity contribution is 5.82. The van der Waals surface area contributed by atoms with Crippen LogP contribution in [0, 0.1) is 10.1 Å². The third-order valence-electron chi connectivity index (χ3n) is 4.89. The monoisotopic (exact) mass is 417 g/mol. The number of nitro groups is 1. The molecule has 0 unspecified atom stereocenters. The number of phenols is 1. The van der Waals surface area contributed by atoms with E-state index in [2.05, 4.69) is 9.97 Å². The number of non-ortho nitro benzene ring substituents is 1. The van der Waals surface area contributed by atoms with E-state index in [0.29, 0.717) is 28.7 Å². The van der Waals surface area contributed by atoms with Gasteiger partial charge in [-0.2, -0.15) is 0 Å². The number of ether oxygens (including phenoxy) is 2. The summed E-state index contributed by atoms with van der Waals surface area (Å²) in [5.74, 6) is 1.63. The number of imidazole rings is 1. The van der Waals surface area contributed by atoms with Crippen molar-refractivity contribution in [2.45, 2.75) is 0 Å². The number of H-pyrrole nitrogens is 1. The molecule has 156 valence electrons. The molecule has 0 aliphatic rings. The van der Waals surface area contributed by atoms with Crippen LogP contribution < -0.4 is 9.47 Å². The van der Waals surface area contributed by atoms with Crippen molar-refractivity contribution in [3.8, 4) is 51.2 Å². The highest BCUT2D eigenvalue weighted by Crippen LogP contribution is 2.37. The Morgan fingerprint density at radius 1 is 0.903 bits per heavy atom. The Balaban J connectivity index is 1.89. The minimum absolute atomic E-state index is 0.109. The van der Waals surface area contributed by atoms with Gasteiger partial charge in [0.15, 0.2) is 0 Å². The lowest BCUT2D eigenvalue weighted by molar-refractivity contribution is -0.384. The number of aromatic hydroxyl groups is 1. The van der Waals surface area contributed by atoms with Crippen molar-refractivity contribution in [1.29, 1.82) is 0 Å². The van der Waals surface area contributed by atoms with E-state index in [-0.39, 0.29) is 17.0 Å². The minimum Gasteiger partial charge on any atom is -0.507 e. The molecule has 4 rings (SSSR count). The standard InChI is InChI=1S/C23H19N3O5/c1-30-17-8-3-14(4-9-17)21-22(15-5-10-18(31-2)11-6-15)25-23(24-21)19-13-16(26(28)29)7-12-20(19)27/h3-13,27H,1-2H3,(H,24,25). The fourth-order valence-corrected chi connectivity index (χ4v) is 3.25. The van der Waals surface area contributed by atoms with E-state index in [0.717, 1.165) is 11.1 Å². The first-order valence-electron chi connectivity index (χ1n) is 9.37. The number of nitro benzene ring substituents is 1. The molecule has 0 aliphatic heterocycles. The molecule has 0 bridgehead atoms. The molecule has 4 aromatic rings. The van der Waals surface area contributed by atoms with Crippen molar-refractivity contribution >= 4 is 5.69 Å². The zero-order chi connectivity index (χ0) is 22.0. The van der Waals surface area contributed by atoms with Gasteiger partial charge in [-0.3, -0.25) is 10.1 Å². The first kappa shape index (κ1) is 20.0. The predicted octanol–water partition coefficient (Wildman–Crippen LogP) is 5.04. The summed E-state index contributed by atoms with van der Waals surface area (Å²) in [6.45, 7) is 0. The number of rotatable bonds is 6. The largest absolute Gasteiger partial charge is 0.507 e.